The van der Waals surface area contributed by atoms with Gasteiger partial charge in [-0.25, -0.2) is 4.79 Å². The zero-order valence-corrected chi connectivity index (χ0v) is 13.8. The van der Waals surface area contributed by atoms with Gasteiger partial charge in [-0.15, -0.1) is 0 Å². The number of fused-ring (bicyclic) bond motifs is 9. The van der Waals surface area contributed by atoms with Gasteiger partial charge in [0.1, 0.15) is 13.2 Å². The molecule has 0 aliphatic heterocycles. The molecule has 0 aromatic heterocycles. The molecule has 126 valence electrons. The summed E-state index contributed by atoms with van der Waals surface area (Å²) in [5.74, 6) is 5.15. The summed E-state index contributed by atoms with van der Waals surface area (Å²) in [4.78, 5) is 23.4. The Balaban J connectivity index is 1.32. The van der Waals surface area contributed by atoms with Crippen LogP contribution in [-0.2, 0) is 19.1 Å². The number of esters is 2. The van der Waals surface area contributed by atoms with Gasteiger partial charge >= 0.3 is 11.9 Å². The van der Waals surface area contributed by atoms with Gasteiger partial charge in [-0.2, -0.15) is 0 Å². The quantitative estimate of drug-likeness (QED) is 0.338. The van der Waals surface area contributed by atoms with Crippen molar-refractivity contribution in [2.75, 3.05) is 13.2 Å². The zero-order chi connectivity index (χ0) is 16.1. The first kappa shape index (κ1) is 15.2. The lowest BCUT2D eigenvalue weighted by Gasteiger charge is -2.40. The summed E-state index contributed by atoms with van der Waals surface area (Å²) in [5, 5.41) is 0. The molecule has 4 nitrogen and oxygen atoms in total. The van der Waals surface area contributed by atoms with E-state index in [1.54, 1.807) is 0 Å². The van der Waals surface area contributed by atoms with Crippen LogP contribution in [0, 0.1) is 47.3 Å². The van der Waals surface area contributed by atoms with Crippen LogP contribution >= 0.6 is 0 Å². The second-order valence-corrected chi connectivity index (χ2v) is 8.07. The molecule has 23 heavy (non-hydrogen) atoms. The highest BCUT2D eigenvalue weighted by atomic mass is 16.6. The Morgan fingerprint density at radius 2 is 1.70 bits per heavy atom. The fourth-order valence-electron chi connectivity index (χ4n) is 6.66. The Bertz CT molecular complexity index is 527. The van der Waals surface area contributed by atoms with Crippen LogP contribution in [0.25, 0.3) is 0 Å². The monoisotopic (exact) mass is 318 g/mol. The molecular formula is C19H26O4. The van der Waals surface area contributed by atoms with Crippen LogP contribution in [0.5, 0.6) is 0 Å². The molecule has 4 fully saturated rings. The molecule has 0 amide bonds. The van der Waals surface area contributed by atoms with Crippen LogP contribution < -0.4 is 0 Å². The maximum Gasteiger partial charge on any atom is 0.330 e. The zero-order valence-electron chi connectivity index (χ0n) is 13.8. The van der Waals surface area contributed by atoms with Crippen LogP contribution in [0.4, 0.5) is 0 Å². The summed E-state index contributed by atoms with van der Waals surface area (Å²) in [6.07, 6.45) is 6.20. The van der Waals surface area contributed by atoms with E-state index in [-0.39, 0.29) is 25.1 Å². The maximum atomic E-state index is 12.4. The second-order valence-electron chi connectivity index (χ2n) is 8.07. The van der Waals surface area contributed by atoms with Crippen LogP contribution in [-0.4, -0.2) is 25.2 Å². The standard InChI is InChI=1S/C19H26O4/c1-3-16(20)22-4-5-23-19(21)15-9-12-8-14(15)18-13-7-11(17(12)18)6-10(13)2/h3,10-15,17-18H,1,4-9H2,2H3. The third-order valence-corrected chi connectivity index (χ3v) is 7.19. The number of ether oxygens (including phenoxy) is 2. The molecule has 0 aromatic carbocycles. The highest BCUT2D eigenvalue weighted by molar-refractivity contribution is 5.81. The molecule has 0 saturated heterocycles. The van der Waals surface area contributed by atoms with Crippen molar-refractivity contribution in [2.45, 2.75) is 32.6 Å². The molecule has 0 radical (unpaired) electrons. The summed E-state index contributed by atoms with van der Waals surface area (Å²) >= 11 is 0. The molecule has 8 atom stereocenters. The first-order valence-electron chi connectivity index (χ1n) is 9.06. The van der Waals surface area contributed by atoms with E-state index in [9.17, 15) is 9.59 Å². The van der Waals surface area contributed by atoms with Crippen LogP contribution in [0.3, 0.4) is 0 Å². The van der Waals surface area contributed by atoms with E-state index in [1.165, 1.54) is 19.3 Å². The van der Waals surface area contributed by atoms with Gasteiger partial charge in [-0.05, 0) is 67.1 Å². The van der Waals surface area contributed by atoms with Crippen molar-refractivity contribution in [3.05, 3.63) is 12.7 Å². The SMILES string of the molecule is C=CC(=O)OCCOC(=O)C1CC2CC1C1C3CC(CC3C)C21. The fraction of sp³-hybridized carbons (Fsp3) is 0.789. The van der Waals surface area contributed by atoms with E-state index >= 15 is 0 Å². The molecular weight excluding hydrogens is 292 g/mol. The van der Waals surface area contributed by atoms with Crippen molar-refractivity contribution in [1.29, 1.82) is 0 Å². The Morgan fingerprint density at radius 3 is 2.48 bits per heavy atom. The minimum atomic E-state index is -0.472. The van der Waals surface area contributed by atoms with Gasteiger partial charge < -0.3 is 9.47 Å². The minimum Gasteiger partial charge on any atom is -0.462 e. The van der Waals surface area contributed by atoms with E-state index in [0.29, 0.717) is 5.92 Å². The molecule has 4 heteroatoms. The summed E-state index contributed by atoms with van der Waals surface area (Å²) in [6.45, 7) is 6.01. The Kier molecular flexibility index (Phi) is 3.73. The van der Waals surface area contributed by atoms with E-state index in [4.69, 9.17) is 9.47 Å². The molecule has 8 unspecified atom stereocenters. The second kappa shape index (κ2) is 5.64. The predicted octanol–water partition coefficient (Wildman–Crippen LogP) is 2.82. The van der Waals surface area contributed by atoms with Crippen molar-refractivity contribution >= 4 is 11.9 Å². The number of carbonyl (C=O) groups excluding carboxylic acids is 2. The lowest BCUT2D eigenvalue weighted by molar-refractivity contribution is -0.156. The number of rotatable bonds is 5. The molecule has 0 heterocycles. The first-order chi connectivity index (χ1) is 11.1. The third kappa shape index (κ3) is 2.33. The first-order valence-corrected chi connectivity index (χ1v) is 9.06. The van der Waals surface area contributed by atoms with Gasteiger partial charge in [-0.1, -0.05) is 13.5 Å². The van der Waals surface area contributed by atoms with Crippen molar-refractivity contribution in [3.8, 4) is 0 Å². The maximum absolute atomic E-state index is 12.4. The van der Waals surface area contributed by atoms with Crippen molar-refractivity contribution in [3.63, 3.8) is 0 Å². The summed E-state index contributed by atoms with van der Waals surface area (Å²) in [5.41, 5.74) is 0. The number of hydrogen-bond donors (Lipinski definition) is 0. The molecule has 0 N–H and O–H groups in total. The van der Waals surface area contributed by atoms with Crippen molar-refractivity contribution in [1.82, 2.24) is 0 Å². The summed E-state index contributed by atoms with van der Waals surface area (Å²) in [6, 6.07) is 0. The van der Waals surface area contributed by atoms with Crippen LogP contribution in [0.15, 0.2) is 12.7 Å². The fourth-order valence-corrected chi connectivity index (χ4v) is 6.66. The van der Waals surface area contributed by atoms with E-state index in [1.807, 2.05) is 0 Å². The molecule has 4 rings (SSSR count). The van der Waals surface area contributed by atoms with E-state index in [0.717, 1.165) is 48.0 Å². The van der Waals surface area contributed by atoms with Gasteiger partial charge in [0.2, 0.25) is 0 Å². The molecule has 0 spiro atoms. The number of carbonyl (C=O) groups is 2. The highest BCUT2D eigenvalue weighted by Gasteiger charge is 2.65. The Morgan fingerprint density at radius 1 is 1.00 bits per heavy atom. The van der Waals surface area contributed by atoms with Crippen molar-refractivity contribution in [2.24, 2.45) is 47.3 Å². The molecule has 0 aromatic rings. The van der Waals surface area contributed by atoms with E-state index in [2.05, 4.69) is 13.5 Å². The van der Waals surface area contributed by atoms with Gasteiger partial charge in [-0.3, -0.25) is 4.79 Å². The summed E-state index contributed by atoms with van der Waals surface area (Å²) in [7, 11) is 0. The molecule has 4 saturated carbocycles. The Labute approximate surface area is 137 Å². The smallest absolute Gasteiger partial charge is 0.330 e. The largest absolute Gasteiger partial charge is 0.462 e. The lowest BCUT2D eigenvalue weighted by atomic mass is 9.65. The van der Waals surface area contributed by atoms with Gasteiger partial charge in [0, 0.05) is 6.08 Å². The van der Waals surface area contributed by atoms with Crippen LogP contribution in [0.1, 0.15) is 32.6 Å². The minimum absolute atomic E-state index is 0.0685. The van der Waals surface area contributed by atoms with Crippen LogP contribution in [0.2, 0.25) is 0 Å². The molecule has 4 bridgehead atoms. The molecule has 4 aliphatic rings. The van der Waals surface area contributed by atoms with Gasteiger partial charge in [0.05, 0.1) is 5.92 Å². The Hall–Kier alpha value is -1.32. The van der Waals surface area contributed by atoms with Gasteiger partial charge in [0.15, 0.2) is 0 Å². The average Bonchev–Trinajstić information content (AvgIpc) is 3.27. The normalized spacial score (nSPS) is 45.8. The average molecular weight is 318 g/mol. The highest BCUT2D eigenvalue weighted by Crippen LogP contribution is 2.70. The molecule has 4 aliphatic carbocycles. The van der Waals surface area contributed by atoms with Crippen molar-refractivity contribution < 1.29 is 19.1 Å². The lowest BCUT2D eigenvalue weighted by Crippen LogP contribution is -2.38. The third-order valence-electron chi connectivity index (χ3n) is 7.19. The van der Waals surface area contributed by atoms with E-state index < -0.39 is 5.97 Å². The number of hydrogen-bond acceptors (Lipinski definition) is 4. The summed E-state index contributed by atoms with van der Waals surface area (Å²) < 4.78 is 10.2. The topological polar surface area (TPSA) is 52.6 Å². The van der Waals surface area contributed by atoms with Gasteiger partial charge in [0.25, 0.3) is 0 Å². The predicted molar refractivity (Wildman–Crippen MR) is 84.2 cm³/mol.